The molecule has 1 aromatic carbocycles. The molecular formula is C15H20N6O2. The van der Waals surface area contributed by atoms with Gasteiger partial charge in [0.05, 0.1) is 26.5 Å². The van der Waals surface area contributed by atoms with Gasteiger partial charge in [-0.25, -0.2) is 4.98 Å². The quantitative estimate of drug-likeness (QED) is 0.624. The van der Waals surface area contributed by atoms with Crippen molar-refractivity contribution in [2.24, 2.45) is 5.10 Å². The first-order valence-electron chi connectivity index (χ1n) is 7.46. The highest BCUT2D eigenvalue weighted by Crippen LogP contribution is 2.21. The number of hydrogen-bond donors (Lipinski definition) is 1. The van der Waals surface area contributed by atoms with Gasteiger partial charge < -0.3 is 9.47 Å². The van der Waals surface area contributed by atoms with Crippen LogP contribution in [0, 0.1) is 0 Å². The summed E-state index contributed by atoms with van der Waals surface area (Å²) < 4.78 is 10.9. The van der Waals surface area contributed by atoms with Gasteiger partial charge in [0.15, 0.2) is 0 Å². The Morgan fingerprint density at radius 3 is 3.00 bits per heavy atom. The van der Waals surface area contributed by atoms with Gasteiger partial charge in [0.1, 0.15) is 18.4 Å². The van der Waals surface area contributed by atoms with E-state index in [4.69, 9.17) is 9.47 Å². The molecule has 0 aliphatic carbocycles. The monoisotopic (exact) mass is 316 g/mol. The summed E-state index contributed by atoms with van der Waals surface area (Å²) in [5.74, 6) is 0.887. The highest BCUT2D eigenvalue weighted by molar-refractivity contribution is 5.80. The van der Waals surface area contributed by atoms with Gasteiger partial charge in [-0.15, -0.1) is 9.89 Å². The maximum absolute atomic E-state index is 5.46. The van der Waals surface area contributed by atoms with Crippen LogP contribution < -0.4 is 10.3 Å². The first kappa shape index (κ1) is 15.4. The fourth-order valence-corrected chi connectivity index (χ4v) is 2.42. The number of methoxy groups -OCH3 is 1. The number of nitrogens with zero attached hydrogens (tertiary/aromatic N) is 5. The summed E-state index contributed by atoms with van der Waals surface area (Å²) in [6.45, 7) is 4.28. The number of hydrazone groups is 1. The zero-order chi connectivity index (χ0) is 15.9. The Hall–Kier alpha value is -2.45. The number of ether oxygens (including phenoxy) is 2. The molecule has 0 atom stereocenters. The third-order valence-electron chi connectivity index (χ3n) is 3.59. The average molecular weight is 316 g/mol. The van der Waals surface area contributed by atoms with E-state index in [2.05, 4.69) is 31.7 Å². The van der Waals surface area contributed by atoms with Crippen LogP contribution in [0.25, 0.3) is 0 Å². The Morgan fingerprint density at radius 1 is 1.39 bits per heavy atom. The maximum atomic E-state index is 5.46. The van der Waals surface area contributed by atoms with Gasteiger partial charge in [-0.2, -0.15) is 10.6 Å². The summed E-state index contributed by atoms with van der Waals surface area (Å²) in [5.41, 5.74) is 4.88. The molecule has 1 aliphatic rings. The molecule has 2 heterocycles. The van der Waals surface area contributed by atoms with E-state index < -0.39 is 0 Å². The molecule has 0 saturated carbocycles. The zero-order valence-electron chi connectivity index (χ0n) is 13.1. The fraction of sp³-hybridized carbons (Fsp3) is 0.400. The van der Waals surface area contributed by atoms with Gasteiger partial charge in [-0.3, -0.25) is 4.90 Å². The molecule has 1 aromatic heterocycles. The van der Waals surface area contributed by atoms with Crippen molar-refractivity contribution in [2.75, 3.05) is 38.9 Å². The summed E-state index contributed by atoms with van der Waals surface area (Å²) in [7, 11) is 1.69. The molecule has 122 valence electrons. The van der Waals surface area contributed by atoms with Crippen LogP contribution in [-0.4, -0.2) is 59.4 Å². The van der Waals surface area contributed by atoms with Gasteiger partial charge in [-0.1, -0.05) is 0 Å². The molecule has 0 unspecified atom stereocenters. The molecule has 0 radical (unpaired) electrons. The van der Waals surface area contributed by atoms with Crippen LogP contribution in [0.2, 0.25) is 0 Å². The van der Waals surface area contributed by atoms with E-state index in [0.717, 1.165) is 49.7 Å². The van der Waals surface area contributed by atoms with Crippen LogP contribution in [-0.2, 0) is 11.3 Å². The van der Waals surface area contributed by atoms with Gasteiger partial charge in [0, 0.05) is 25.2 Å². The minimum atomic E-state index is 0.783. The number of hydrogen-bond acceptors (Lipinski definition) is 7. The second-order valence-corrected chi connectivity index (χ2v) is 5.16. The maximum Gasteiger partial charge on any atom is 0.139 e. The van der Waals surface area contributed by atoms with Crippen molar-refractivity contribution in [3.8, 4) is 5.75 Å². The second kappa shape index (κ2) is 7.70. The Kier molecular flexibility index (Phi) is 5.17. The minimum Gasteiger partial charge on any atom is -0.496 e. The SMILES string of the molecule is COc1ccc(/C=N\Nn2cncn2)cc1CN1CCOCC1. The predicted molar refractivity (Wildman–Crippen MR) is 86.1 cm³/mol. The van der Waals surface area contributed by atoms with Crippen molar-refractivity contribution in [1.29, 1.82) is 0 Å². The van der Waals surface area contributed by atoms with Crippen molar-refractivity contribution in [3.63, 3.8) is 0 Å². The molecule has 0 bridgehead atoms. The molecule has 2 aromatic rings. The summed E-state index contributed by atoms with van der Waals surface area (Å²) in [6.07, 6.45) is 4.72. The van der Waals surface area contributed by atoms with Crippen LogP contribution in [0.4, 0.5) is 0 Å². The molecule has 1 saturated heterocycles. The Bertz CT molecular complexity index is 637. The fourth-order valence-electron chi connectivity index (χ4n) is 2.42. The summed E-state index contributed by atoms with van der Waals surface area (Å²) in [6, 6.07) is 6.02. The molecule has 1 N–H and O–H groups in total. The van der Waals surface area contributed by atoms with Crippen molar-refractivity contribution >= 4 is 6.21 Å². The number of rotatable bonds is 6. The van der Waals surface area contributed by atoms with Crippen LogP contribution in [0.15, 0.2) is 36.0 Å². The van der Waals surface area contributed by atoms with Gasteiger partial charge in [0.2, 0.25) is 0 Å². The van der Waals surface area contributed by atoms with Crippen LogP contribution in [0.3, 0.4) is 0 Å². The third kappa shape index (κ3) is 4.27. The standard InChI is InChI=1S/C15H20N6O2/c1-22-15-3-2-13(9-17-19-21-12-16-11-18-21)8-14(15)10-20-4-6-23-7-5-20/h2-3,8-9,11-12,19H,4-7,10H2,1H3/b17-9-. The van der Waals surface area contributed by atoms with Crippen molar-refractivity contribution < 1.29 is 9.47 Å². The second-order valence-electron chi connectivity index (χ2n) is 5.16. The van der Waals surface area contributed by atoms with E-state index in [1.54, 1.807) is 13.3 Å². The van der Waals surface area contributed by atoms with Gasteiger partial charge >= 0.3 is 0 Å². The predicted octanol–water partition coefficient (Wildman–Crippen LogP) is 0.697. The molecule has 0 amide bonds. The summed E-state index contributed by atoms with van der Waals surface area (Å²) in [4.78, 5) is 7.62. The van der Waals surface area contributed by atoms with Crippen molar-refractivity contribution in [2.45, 2.75) is 6.54 Å². The highest BCUT2D eigenvalue weighted by Gasteiger charge is 2.13. The Labute approximate surface area is 134 Å². The van der Waals surface area contributed by atoms with E-state index in [-0.39, 0.29) is 0 Å². The van der Waals surface area contributed by atoms with Crippen molar-refractivity contribution in [3.05, 3.63) is 42.0 Å². The molecule has 1 fully saturated rings. The lowest BCUT2D eigenvalue weighted by atomic mass is 10.1. The number of benzene rings is 1. The minimum absolute atomic E-state index is 0.783. The lowest BCUT2D eigenvalue weighted by Gasteiger charge is -2.27. The van der Waals surface area contributed by atoms with E-state index in [1.165, 1.54) is 17.4 Å². The third-order valence-corrected chi connectivity index (χ3v) is 3.59. The number of nitrogens with one attached hydrogen (secondary N) is 1. The van der Waals surface area contributed by atoms with Gasteiger partial charge in [-0.05, 0) is 23.8 Å². The first-order chi connectivity index (χ1) is 11.3. The lowest BCUT2D eigenvalue weighted by molar-refractivity contribution is 0.0339. The first-order valence-corrected chi connectivity index (χ1v) is 7.46. The molecule has 0 spiro atoms. The van der Waals surface area contributed by atoms with Crippen LogP contribution in [0.5, 0.6) is 5.75 Å². The number of morpholine rings is 1. The van der Waals surface area contributed by atoms with Crippen LogP contribution >= 0.6 is 0 Å². The average Bonchev–Trinajstić information content (AvgIpc) is 3.09. The van der Waals surface area contributed by atoms with E-state index >= 15 is 0 Å². The molecular weight excluding hydrogens is 296 g/mol. The van der Waals surface area contributed by atoms with E-state index in [0.29, 0.717) is 0 Å². The zero-order valence-corrected chi connectivity index (χ0v) is 13.1. The normalized spacial score (nSPS) is 15.9. The molecule has 3 rings (SSSR count). The molecule has 8 nitrogen and oxygen atoms in total. The largest absolute Gasteiger partial charge is 0.496 e. The molecule has 23 heavy (non-hydrogen) atoms. The topological polar surface area (TPSA) is 76.8 Å². The smallest absolute Gasteiger partial charge is 0.139 e. The molecule has 8 heteroatoms. The number of aromatic nitrogens is 3. The van der Waals surface area contributed by atoms with Crippen molar-refractivity contribution in [1.82, 2.24) is 19.8 Å². The van der Waals surface area contributed by atoms with E-state index in [1.807, 2.05) is 12.1 Å². The van der Waals surface area contributed by atoms with Crippen LogP contribution in [0.1, 0.15) is 11.1 Å². The van der Waals surface area contributed by atoms with Gasteiger partial charge in [0.25, 0.3) is 0 Å². The Morgan fingerprint density at radius 2 is 2.26 bits per heavy atom. The highest BCUT2D eigenvalue weighted by atomic mass is 16.5. The summed E-state index contributed by atoms with van der Waals surface area (Å²) in [5, 5.41) is 8.05. The Balaban J connectivity index is 1.68. The lowest BCUT2D eigenvalue weighted by Crippen LogP contribution is -2.35. The van der Waals surface area contributed by atoms with E-state index in [9.17, 15) is 0 Å². The summed E-state index contributed by atoms with van der Waals surface area (Å²) >= 11 is 0. The molecule has 1 aliphatic heterocycles.